The van der Waals surface area contributed by atoms with Crippen LogP contribution in [0.3, 0.4) is 0 Å². The molecule has 1 aromatic carbocycles. The third-order valence-electron chi connectivity index (χ3n) is 3.23. The van der Waals surface area contributed by atoms with Gasteiger partial charge in [0, 0.05) is 6.04 Å². The molecule has 0 saturated carbocycles. The van der Waals surface area contributed by atoms with E-state index in [9.17, 15) is 0 Å². The van der Waals surface area contributed by atoms with Crippen LogP contribution in [0.1, 0.15) is 36.9 Å². The first-order valence-corrected chi connectivity index (χ1v) is 7.60. The Balaban J connectivity index is 1.59. The number of rotatable bonds is 7. The largest absolute Gasteiger partial charge is 0.310 e. The zero-order valence-corrected chi connectivity index (χ0v) is 11.7. The summed E-state index contributed by atoms with van der Waals surface area (Å²) in [7, 11) is 0. The molecule has 2 rings (SSSR count). The molecular weight excluding hydrogens is 238 g/mol. The quantitative estimate of drug-likeness (QED) is 0.726. The SMILES string of the molecule is CC(NCCCCc1ccccc1)c1ccsc1. The molecule has 0 radical (unpaired) electrons. The van der Waals surface area contributed by atoms with Crippen LogP contribution in [-0.2, 0) is 6.42 Å². The summed E-state index contributed by atoms with van der Waals surface area (Å²) in [5.41, 5.74) is 2.85. The van der Waals surface area contributed by atoms with Crippen molar-refractivity contribution in [3.05, 3.63) is 58.3 Å². The highest BCUT2D eigenvalue weighted by Gasteiger charge is 2.03. The molecule has 0 amide bonds. The first-order chi connectivity index (χ1) is 8.86. The Morgan fingerprint density at radius 2 is 1.94 bits per heavy atom. The number of benzene rings is 1. The molecule has 2 heteroatoms. The van der Waals surface area contributed by atoms with Gasteiger partial charge in [-0.25, -0.2) is 0 Å². The van der Waals surface area contributed by atoms with Crippen molar-refractivity contribution in [2.24, 2.45) is 0 Å². The van der Waals surface area contributed by atoms with E-state index in [0.717, 1.165) is 6.54 Å². The standard InChI is InChI=1S/C16H21NS/c1-14(16-10-12-18-13-16)17-11-6-5-9-15-7-3-2-4-8-15/h2-4,7-8,10,12-14,17H,5-6,9,11H2,1H3. The van der Waals surface area contributed by atoms with Crippen LogP contribution in [0.15, 0.2) is 47.2 Å². The lowest BCUT2D eigenvalue weighted by Gasteiger charge is -2.12. The zero-order valence-electron chi connectivity index (χ0n) is 10.9. The summed E-state index contributed by atoms with van der Waals surface area (Å²) in [6, 6.07) is 13.4. The summed E-state index contributed by atoms with van der Waals surface area (Å²) < 4.78 is 0. The highest BCUT2D eigenvalue weighted by Crippen LogP contribution is 2.15. The van der Waals surface area contributed by atoms with Crippen molar-refractivity contribution < 1.29 is 0 Å². The van der Waals surface area contributed by atoms with Gasteiger partial charge in [0.25, 0.3) is 0 Å². The number of hydrogen-bond donors (Lipinski definition) is 1. The third kappa shape index (κ3) is 4.28. The van der Waals surface area contributed by atoms with Gasteiger partial charge in [0.1, 0.15) is 0 Å². The Labute approximate surface area is 114 Å². The Hall–Kier alpha value is -1.12. The minimum absolute atomic E-state index is 0.480. The van der Waals surface area contributed by atoms with Gasteiger partial charge >= 0.3 is 0 Å². The Morgan fingerprint density at radius 1 is 1.11 bits per heavy atom. The van der Waals surface area contributed by atoms with E-state index in [1.165, 1.54) is 30.4 Å². The van der Waals surface area contributed by atoms with E-state index < -0.39 is 0 Å². The van der Waals surface area contributed by atoms with E-state index in [4.69, 9.17) is 0 Å². The fourth-order valence-electron chi connectivity index (χ4n) is 2.06. The van der Waals surface area contributed by atoms with Gasteiger partial charge in [-0.3, -0.25) is 0 Å². The van der Waals surface area contributed by atoms with Gasteiger partial charge in [0.05, 0.1) is 0 Å². The van der Waals surface area contributed by atoms with Crippen LogP contribution in [0.2, 0.25) is 0 Å². The molecule has 1 heterocycles. The maximum absolute atomic E-state index is 3.58. The molecule has 0 bridgehead atoms. The van der Waals surface area contributed by atoms with Crippen LogP contribution in [0, 0.1) is 0 Å². The van der Waals surface area contributed by atoms with Gasteiger partial charge in [0.15, 0.2) is 0 Å². The summed E-state index contributed by atoms with van der Waals surface area (Å²) in [6.07, 6.45) is 3.69. The fourth-order valence-corrected chi connectivity index (χ4v) is 2.81. The van der Waals surface area contributed by atoms with E-state index in [2.05, 4.69) is 59.4 Å². The van der Waals surface area contributed by atoms with Gasteiger partial charge in [0.2, 0.25) is 0 Å². The lowest BCUT2D eigenvalue weighted by molar-refractivity contribution is 0.547. The van der Waals surface area contributed by atoms with E-state index in [1.807, 2.05) is 0 Å². The molecule has 0 aliphatic carbocycles. The number of aryl methyl sites for hydroxylation is 1. The number of thiophene rings is 1. The van der Waals surface area contributed by atoms with Crippen molar-refractivity contribution >= 4 is 11.3 Å². The van der Waals surface area contributed by atoms with Crippen molar-refractivity contribution in [2.45, 2.75) is 32.2 Å². The average molecular weight is 259 g/mol. The number of nitrogens with one attached hydrogen (secondary N) is 1. The highest BCUT2D eigenvalue weighted by molar-refractivity contribution is 7.07. The van der Waals surface area contributed by atoms with Crippen molar-refractivity contribution in [2.75, 3.05) is 6.54 Å². The van der Waals surface area contributed by atoms with E-state index in [0.29, 0.717) is 6.04 Å². The Bertz CT molecular complexity index is 422. The Morgan fingerprint density at radius 3 is 2.67 bits per heavy atom. The molecule has 1 nitrogen and oxygen atoms in total. The number of hydrogen-bond acceptors (Lipinski definition) is 2. The van der Waals surface area contributed by atoms with Crippen molar-refractivity contribution in [3.63, 3.8) is 0 Å². The topological polar surface area (TPSA) is 12.0 Å². The van der Waals surface area contributed by atoms with Crippen LogP contribution in [0.25, 0.3) is 0 Å². The van der Waals surface area contributed by atoms with Crippen LogP contribution < -0.4 is 5.32 Å². The summed E-state index contributed by atoms with van der Waals surface area (Å²) >= 11 is 1.77. The molecule has 0 aliphatic rings. The molecule has 0 saturated heterocycles. The van der Waals surface area contributed by atoms with Crippen molar-refractivity contribution in [1.29, 1.82) is 0 Å². The minimum Gasteiger partial charge on any atom is -0.310 e. The minimum atomic E-state index is 0.480. The summed E-state index contributed by atoms with van der Waals surface area (Å²) in [6.45, 7) is 3.34. The number of unbranched alkanes of at least 4 members (excludes halogenated alkanes) is 1. The lowest BCUT2D eigenvalue weighted by atomic mass is 10.1. The lowest BCUT2D eigenvalue weighted by Crippen LogP contribution is -2.19. The zero-order chi connectivity index (χ0) is 12.6. The van der Waals surface area contributed by atoms with Crippen molar-refractivity contribution in [1.82, 2.24) is 5.32 Å². The van der Waals surface area contributed by atoms with Crippen molar-refractivity contribution in [3.8, 4) is 0 Å². The van der Waals surface area contributed by atoms with Gasteiger partial charge in [-0.15, -0.1) is 0 Å². The normalized spacial score (nSPS) is 12.5. The molecule has 18 heavy (non-hydrogen) atoms. The second kappa shape index (κ2) is 7.34. The molecule has 1 aromatic heterocycles. The maximum Gasteiger partial charge on any atom is 0.0300 e. The maximum atomic E-state index is 3.58. The highest BCUT2D eigenvalue weighted by atomic mass is 32.1. The molecule has 0 aliphatic heterocycles. The monoisotopic (exact) mass is 259 g/mol. The second-order valence-electron chi connectivity index (χ2n) is 4.68. The molecule has 0 spiro atoms. The molecule has 0 fully saturated rings. The Kier molecular flexibility index (Phi) is 5.43. The van der Waals surface area contributed by atoms with E-state index in [1.54, 1.807) is 11.3 Å². The molecule has 96 valence electrons. The van der Waals surface area contributed by atoms with Crippen LogP contribution in [-0.4, -0.2) is 6.54 Å². The third-order valence-corrected chi connectivity index (χ3v) is 3.93. The van der Waals surface area contributed by atoms with Gasteiger partial charge in [-0.05, 0) is 60.7 Å². The average Bonchev–Trinajstić information content (AvgIpc) is 2.93. The van der Waals surface area contributed by atoms with E-state index >= 15 is 0 Å². The molecule has 1 N–H and O–H groups in total. The second-order valence-corrected chi connectivity index (χ2v) is 5.46. The summed E-state index contributed by atoms with van der Waals surface area (Å²) in [5, 5.41) is 7.94. The van der Waals surface area contributed by atoms with Crippen LogP contribution in [0.4, 0.5) is 0 Å². The summed E-state index contributed by atoms with van der Waals surface area (Å²) in [4.78, 5) is 0. The first-order valence-electron chi connectivity index (χ1n) is 6.65. The predicted octanol–water partition coefficient (Wildman–Crippen LogP) is 4.42. The predicted molar refractivity (Wildman–Crippen MR) is 80.1 cm³/mol. The molecule has 2 aromatic rings. The van der Waals surface area contributed by atoms with Crippen LogP contribution in [0.5, 0.6) is 0 Å². The molecular formula is C16H21NS. The summed E-state index contributed by atoms with van der Waals surface area (Å²) in [5.74, 6) is 0. The van der Waals surface area contributed by atoms with Gasteiger partial charge in [-0.1, -0.05) is 30.3 Å². The molecule has 1 unspecified atom stereocenters. The van der Waals surface area contributed by atoms with Crippen LogP contribution >= 0.6 is 11.3 Å². The fraction of sp³-hybridized carbons (Fsp3) is 0.375. The smallest absolute Gasteiger partial charge is 0.0300 e. The molecule has 1 atom stereocenters. The van der Waals surface area contributed by atoms with Gasteiger partial charge in [-0.2, -0.15) is 11.3 Å². The van der Waals surface area contributed by atoms with E-state index in [-0.39, 0.29) is 0 Å². The first kappa shape index (κ1) is 13.3. The van der Waals surface area contributed by atoms with Gasteiger partial charge < -0.3 is 5.32 Å².